The van der Waals surface area contributed by atoms with E-state index in [1.54, 1.807) is 0 Å². The van der Waals surface area contributed by atoms with Gasteiger partial charge in [0.25, 0.3) is 0 Å². The fourth-order valence-corrected chi connectivity index (χ4v) is 3.03. The fourth-order valence-electron chi connectivity index (χ4n) is 1.68. The summed E-state index contributed by atoms with van der Waals surface area (Å²) in [5.74, 6) is -0.743. The van der Waals surface area contributed by atoms with Crippen molar-refractivity contribution in [2.45, 2.75) is 4.90 Å². The molecule has 0 radical (unpaired) electrons. The highest BCUT2D eigenvalue weighted by molar-refractivity contribution is 7.89. The van der Waals surface area contributed by atoms with Crippen molar-refractivity contribution in [2.75, 3.05) is 20.2 Å². The Labute approximate surface area is 110 Å². The second-order valence-electron chi connectivity index (χ2n) is 3.92. The highest BCUT2D eigenvalue weighted by Gasteiger charge is 2.32. The van der Waals surface area contributed by atoms with Crippen molar-refractivity contribution in [3.05, 3.63) is 24.3 Å². The van der Waals surface area contributed by atoms with Crippen LogP contribution in [0.5, 0.6) is 5.75 Å². The van der Waals surface area contributed by atoms with E-state index >= 15 is 0 Å². The molecule has 1 aromatic carbocycles. The minimum absolute atomic E-state index is 0.0100. The molecule has 1 aliphatic rings. The van der Waals surface area contributed by atoms with Crippen molar-refractivity contribution < 1.29 is 22.7 Å². The van der Waals surface area contributed by atoms with E-state index in [0.29, 0.717) is 5.75 Å². The van der Waals surface area contributed by atoms with Gasteiger partial charge in [-0.25, -0.2) is 8.42 Å². The fraction of sp³-hybridized carbons (Fsp3) is 0.273. The molecule has 0 saturated carbocycles. The minimum Gasteiger partial charge on any atom is -0.497 e. The molecular formula is C11H12N2O5S. The van der Waals surface area contributed by atoms with E-state index in [1.165, 1.54) is 31.4 Å². The molecule has 8 heteroatoms. The molecule has 1 aliphatic heterocycles. The summed E-state index contributed by atoms with van der Waals surface area (Å²) in [6, 6.07) is 5.73. The first kappa shape index (κ1) is 13.5. The number of amides is 2. The van der Waals surface area contributed by atoms with Gasteiger partial charge in [-0.15, -0.1) is 0 Å². The smallest absolute Gasteiger partial charge is 0.244 e. The highest BCUT2D eigenvalue weighted by atomic mass is 32.2. The average molecular weight is 284 g/mol. The molecule has 0 spiro atoms. The Morgan fingerprint density at radius 2 is 1.63 bits per heavy atom. The van der Waals surface area contributed by atoms with Crippen LogP contribution in [0.2, 0.25) is 0 Å². The Hall–Kier alpha value is -1.93. The number of methoxy groups -OCH3 is 1. The molecule has 1 aromatic rings. The molecule has 1 N–H and O–H groups in total. The Morgan fingerprint density at radius 1 is 1.11 bits per heavy atom. The number of hydrogen-bond donors (Lipinski definition) is 1. The first-order valence-electron chi connectivity index (χ1n) is 5.40. The molecule has 1 heterocycles. The van der Waals surface area contributed by atoms with Crippen LogP contribution < -0.4 is 10.1 Å². The van der Waals surface area contributed by atoms with Crippen LogP contribution >= 0.6 is 0 Å². The number of nitrogens with zero attached hydrogens (tertiary/aromatic N) is 1. The third-order valence-corrected chi connectivity index (χ3v) is 4.42. The second kappa shape index (κ2) is 4.98. The maximum atomic E-state index is 12.2. The van der Waals surface area contributed by atoms with Gasteiger partial charge in [0.05, 0.1) is 25.1 Å². The summed E-state index contributed by atoms with van der Waals surface area (Å²) in [7, 11) is -2.39. The summed E-state index contributed by atoms with van der Waals surface area (Å²) in [6.45, 7) is -0.722. The number of nitrogens with one attached hydrogen (secondary N) is 1. The first-order valence-corrected chi connectivity index (χ1v) is 6.84. The van der Waals surface area contributed by atoms with Crippen LogP contribution in [0, 0.1) is 0 Å². The Bertz CT molecular complexity index is 592. The number of rotatable bonds is 3. The summed E-state index contributed by atoms with van der Waals surface area (Å²) in [5, 5.41) is 2.05. The summed E-state index contributed by atoms with van der Waals surface area (Å²) in [5.41, 5.74) is 0. The zero-order valence-corrected chi connectivity index (χ0v) is 10.9. The van der Waals surface area contributed by atoms with E-state index in [-0.39, 0.29) is 18.0 Å². The van der Waals surface area contributed by atoms with E-state index < -0.39 is 21.8 Å². The molecule has 0 aliphatic carbocycles. The monoisotopic (exact) mass is 284 g/mol. The Balaban J connectivity index is 2.30. The summed E-state index contributed by atoms with van der Waals surface area (Å²) in [4.78, 5) is 22.4. The molecule has 19 heavy (non-hydrogen) atoms. The third kappa shape index (κ3) is 2.74. The van der Waals surface area contributed by atoms with Crippen molar-refractivity contribution >= 4 is 21.8 Å². The molecule has 0 bridgehead atoms. The van der Waals surface area contributed by atoms with E-state index in [1.807, 2.05) is 5.32 Å². The molecular weight excluding hydrogens is 272 g/mol. The van der Waals surface area contributed by atoms with Crippen LogP contribution in [0.3, 0.4) is 0 Å². The van der Waals surface area contributed by atoms with Gasteiger partial charge in [0.15, 0.2) is 0 Å². The van der Waals surface area contributed by atoms with E-state index in [2.05, 4.69) is 0 Å². The number of carbonyl (C=O) groups is 2. The molecule has 0 aromatic heterocycles. The van der Waals surface area contributed by atoms with Gasteiger partial charge in [-0.05, 0) is 24.3 Å². The summed E-state index contributed by atoms with van der Waals surface area (Å²) >= 11 is 0. The lowest BCUT2D eigenvalue weighted by Gasteiger charge is -2.24. The van der Waals surface area contributed by atoms with Gasteiger partial charge in [0.2, 0.25) is 21.8 Å². The number of ether oxygens (including phenoxy) is 1. The van der Waals surface area contributed by atoms with Crippen molar-refractivity contribution in [1.29, 1.82) is 0 Å². The predicted molar refractivity (Wildman–Crippen MR) is 64.9 cm³/mol. The van der Waals surface area contributed by atoms with E-state index in [9.17, 15) is 18.0 Å². The minimum atomic E-state index is -3.86. The van der Waals surface area contributed by atoms with Crippen LogP contribution in [0.1, 0.15) is 0 Å². The van der Waals surface area contributed by atoms with Crippen LogP contribution in [-0.2, 0) is 19.6 Å². The van der Waals surface area contributed by atoms with Crippen LogP contribution in [0.25, 0.3) is 0 Å². The molecule has 2 rings (SSSR count). The first-order chi connectivity index (χ1) is 8.93. The van der Waals surface area contributed by atoms with Gasteiger partial charge in [0.1, 0.15) is 5.75 Å². The second-order valence-corrected chi connectivity index (χ2v) is 5.86. The van der Waals surface area contributed by atoms with Crippen LogP contribution in [0.4, 0.5) is 0 Å². The molecule has 7 nitrogen and oxygen atoms in total. The summed E-state index contributed by atoms with van der Waals surface area (Å²) < 4.78 is 30.2. The maximum Gasteiger partial charge on any atom is 0.244 e. The van der Waals surface area contributed by atoms with Gasteiger partial charge >= 0.3 is 0 Å². The van der Waals surface area contributed by atoms with Crippen molar-refractivity contribution in [3.63, 3.8) is 0 Å². The standard InChI is InChI=1S/C11H12N2O5S/c1-18-8-2-4-9(5-3-8)19(16,17)13-6-10(14)12-11(15)7-13/h2-5H,6-7H2,1H3,(H,12,14,15). The lowest BCUT2D eigenvalue weighted by Crippen LogP contribution is -2.53. The zero-order valence-electron chi connectivity index (χ0n) is 10.1. The number of benzene rings is 1. The number of carbonyl (C=O) groups excluding carboxylic acids is 2. The van der Waals surface area contributed by atoms with Gasteiger partial charge < -0.3 is 4.74 Å². The molecule has 1 fully saturated rings. The predicted octanol–water partition coefficient (Wildman–Crippen LogP) is -0.658. The number of sulfonamides is 1. The van der Waals surface area contributed by atoms with E-state index in [0.717, 1.165) is 4.31 Å². The molecule has 102 valence electrons. The number of piperazine rings is 1. The molecule has 1 saturated heterocycles. The van der Waals surface area contributed by atoms with Crippen molar-refractivity contribution in [3.8, 4) is 5.75 Å². The van der Waals surface area contributed by atoms with Gasteiger partial charge in [-0.3, -0.25) is 14.9 Å². The average Bonchev–Trinajstić information content (AvgIpc) is 2.37. The third-order valence-electron chi connectivity index (χ3n) is 2.62. The SMILES string of the molecule is COc1ccc(S(=O)(=O)N2CC(=O)NC(=O)C2)cc1. The molecule has 2 amide bonds. The van der Waals surface area contributed by atoms with Crippen LogP contribution in [0.15, 0.2) is 29.2 Å². The van der Waals surface area contributed by atoms with E-state index in [4.69, 9.17) is 4.74 Å². The Kier molecular flexibility index (Phi) is 3.54. The quantitative estimate of drug-likeness (QED) is 0.744. The van der Waals surface area contributed by atoms with Crippen molar-refractivity contribution in [2.24, 2.45) is 0 Å². The van der Waals surface area contributed by atoms with Crippen LogP contribution in [-0.4, -0.2) is 44.7 Å². The maximum absolute atomic E-state index is 12.2. The van der Waals surface area contributed by atoms with Gasteiger partial charge in [0, 0.05) is 0 Å². The lowest BCUT2D eigenvalue weighted by atomic mass is 10.3. The largest absolute Gasteiger partial charge is 0.497 e. The lowest BCUT2D eigenvalue weighted by molar-refractivity contribution is -0.134. The summed E-state index contributed by atoms with van der Waals surface area (Å²) in [6.07, 6.45) is 0. The molecule has 0 unspecified atom stereocenters. The zero-order chi connectivity index (χ0) is 14.0. The number of hydrogen-bond acceptors (Lipinski definition) is 5. The van der Waals surface area contributed by atoms with Gasteiger partial charge in [-0.2, -0.15) is 4.31 Å². The van der Waals surface area contributed by atoms with Gasteiger partial charge in [-0.1, -0.05) is 0 Å². The Morgan fingerprint density at radius 3 is 2.11 bits per heavy atom. The molecule has 0 atom stereocenters. The van der Waals surface area contributed by atoms with Crippen molar-refractivity contribution in [1.82, 2.24) is 9.62 Å². The normalized spacial score (nSPS) is 17.1. The number of imide groups is 1. The topological polar surface area (TPSA) is 92.8 Å². The highest BCUT2D eigenvalue weighted by Crippen LogP contribution is 2.19.